The normalized spacial score (nSPS) is 16.8. The highest BCUT2D eigenvalue weighted by molar-refractivity contribution is 7.99. The van der Waals surface area contributed by atoms with Crippen molar-refractivity contribution in [3.63, 3.8) is 0 Å². The quantitative estimate of drug-likeness (QED) is 0.763. The van der Waals surface area contributed by atoms with E-state index in [1.54, 1.807) is 44.2 Å². The molecule has 3 rings (SSSR count). The van der Waals surface area contributed by atoms with Crippen molar-refractivity contribution in [2.75, 3.05) is 26.5 Å². The molecule has 138 valence electrons. The van der Waals surface area contributed by atoms with Crippen molar-refractivity contribution in [1.82, 2.24) is 4.90 Å². The summed E-state index contributed by atoms with van der Waals surface area (Å²) in [4.78, 5) is 15.1. The van der Waals surface area contributed by atoms with Gasteiger partial charge in [-0.15, -0.1) is 11.8 Å². The van der Waals surface area contributed by atoms with Crippen LogP contribution >= 0.6 is 11.8 Å². The first-order chi connectivity index (χ1) is 12.5. The van der Waals surface area contributed by atoms with Crippen LogP contribution in [-0.4, -0.2) is 37.3 Å². The molecule has 1 amide bonds. The molecule has 1 heterocycles. The zero-order chi connectivity index (χ0) is 18.7. The Morgan fingerprint density at radius 3 is 2.46 bits per heavy atom. The molecule has 0 aromatic heterocycles. The summed E-state index contributed by atoms with van der Waals surface area (Å²) in [6.07, 6.45) is 0. The third kappa shape index (κ3) is 3.68. The number of hydrogen-bond acceptors (Lipinski definition) is 4. The van der Waals surface area contributed by atoms with E-state index in [4.69, 9.17) is 9.47 Å². The molecule has 0 bridgehead atoms. The number of benzene rings is 2. The van der Waals surface area contributed by atoms with E-state index in [0.717, 1.165) is 17.9 Å². The fourth-order valence-electron chi connectivity index (χ4n) is 3.13. The molecular weight excluding hydrogens is 346 g/mol. The van der Waals surface area contributed by atoms with E-state index in [1.165, 1.54) is 5.56 Å². The second kappa shape index (κ2) is 8.04. The van der Waals surface area contributed by atoms with Gasteiger partial charge in [-0.2, -0.15) is 0 Å². The Labute approximate surface area is 159 Å². The molecule has 0 spiro atoms. The third-order valence-electron chi connectivity index (χ3n) is 4.68. The SMILES string of the molecule is COc1ccc(C(=O)N2CCSC2c2ccc(C(C)C)cc2)c(OC)c1. The van der Waals surface area contributed by atoms with E-state index in [9.17, 15) is 4.79 Å². The number of hydrogen-bond donors (Lipinski definition) is 0. The minimum Gasteiger partial charge on any atom is -0.497 e. The molecule has 0 aliphatic carbocycles. The van der Waals surface area contributed by atoms with Crippen LogP contribution in [0.3, 0.4) is 0 Å². The monoisotopic (exact) mass is 371 g/mol. The molecule has 1 unspecified atom stereocenters. The van der Waals surface area contributed by atoms with Crippen molar-refractivity contribution >= 4 is 17.7 Å². The van der Waals surface area contributed by atoms with E-state index >= 15 is 0 Å². The highest BCUT2D eigenvalue weighted by atomic mass is 32.2. The molecule has 2 aromatic carbocycles. The summed E-state index contributed by atoms with van der Waals surface area (Å²) in [5.41, 5.74) is 3.05. The largest absolute Gasteiger partial charge is 0.497 e. The number of amides is 1. The summed E-state index contributed by atoms with van der Waals surface area (Å²) in [7, 11) is 3.18. The Bertz CT molecular complexity index is 773. The van der Waals surface area contributed by atoms with Crippen LogP contribution in [0.4, 0.5) is 0 Å². The van der Waals surface area contributed by atoms with Crippen LogP contribution in [0, 0.1) is 0 Å². The molecule has 0 saturated carbocycles. The summed E-state index contributed by atoms with van der Waals surface area (Å²) < 4.78 is 10.6. The Morgan fingerprint density at radius 1 is 1.12 bits per heavy atom. The second-order valence-corrected chi connectivity index (χ2v) is 7.80. The van der Waals surface area contributed by atoms with Gasteiger partial charge in [0.15, 0.2) is 0 Å². The summed E-state index contributed by atoms with van der Waals surface area (Å²) in [6, 6.07) is 13.9. The summed E-state index contributed by atoms with van der Waals surface area (Å²) in [5.74, 6) is 2.64. The van der Waals surface area contributed by atoms with Gasteiger partial charge in [0.05, 0.1) is 19.8 Å². The van der Waals surface area contributed by atoms with Crippen molar-refractivity contribution in [2.45, 2.75) is 25.1 Å². The zero-order valence-electron chi connectivity index (χ0n) is 15.7. The predicted octanol–water partition coefficient (Wildman–Crippen LogP) is 4.72. The number of methoxy groups -OCH3 is 2. The zero-order valence-corrected chi connectivity index (χ0v) is 16.5. The molecule has 26 heavy (non-hydrogen) atoms. The highest BCUT2D eigenvalue weighted by Gasteiger charge is 2.32. The van der Waals surface area contributed by atoms with Gasteiger partial charge in [-0.25, -0.2) is 0 Å². The third-order valence-corrected chi connectivity index (χ3v) is 5.94. The number of rotatable bonds is 5. The lowest BCUT2D eigenvalue weighted by atomic mass is 10.0. The maximum Gasteiger partial charge on any atom is 0.258 e. The molecule has 1 aliphatic rings. The van der Waals surface area contributed by atoms with Gasteiger partial charge in [-0.05, 0) is 29.2 Å². The van der Waals surface area contributed by atoms with Crippen LogP contribution < -0.4 is 9.47 Å². The average molecular weight is 372 g/mol. The van der Waals surface area contributed by atoms with Crippen molar-refractivity contribution in [1.29, 1.82) is 0 Å². The van der Waals surface area contributed by atoms with Gasteiger partial charge in [-0.1, -0.05) is 38.1 Å². The van der Waals surface area contributed by atoms with Gasteiger partial charge in [0.25, 0.3) is 5.91 Å². The highest BCUT2D eigenvalue weighted by Crippen LogP contribution is 2.40. The molecule has 1 aliphatic heterocycles. The topological polar surface area (TPSA) is 38.8 Å². The van der Waals surface area contributed by atoms with E-state index < -0.39 is 0 Å². The van der Waals surface area contributed by atoms with E-state index in [2.05, 4.69) is 38.1 Å². The predicted molar refractivity (Wildman–Crippen MR) is 106 cm³/mol. The Morgan fingerprint density at radius 2 is 1.85 bits per heavy atom. The maximum absolute atomic E-state index is 13.2. The smallest absolute Gasteiger partial charge is 0.258 e. The summed E-state index contributed by atoms with van der Waals surface area (Å²) in [5, 5.41) is 0.0375. The lowest BCUT2D eigenvalue weighted by Crippen LogP contribution is -2.30. The average Bonchev–Trinajstić information content (AvgIpc) is 3.16. The van der Waals surface area contributed by atoms with Crippen LogP contribution in [-0.2, 0) is 0 Å². The van der Waals surface area contributed by atoms with Gasteiger partial charge in [-0.3, -0.25) is 4.79 Å². The first kappa shape index (κ1) is 18.6. The number of carbonyl (C=O) groups is 1. The molecule has 0 N–H and O–H groups in total. The molecule has 1 saturated heterocycles. The Balaban J connectivity index is 1.87. The molecule has 4 nitrogen and oxygen atoms in total. The molecular formula is C21H25NO3S. The van der Waals surface area contributed by atoms with Crippen LogP contribution in [0.2, 0.25) is 0 Å². The maximum atomic E-state index is 13.2. The van der Waals surface area contributed by atoms with Gasteiger partial charge in [0.1, 0.15) is 16.9 Å². The molecule has 1 fully saturated rings. The summed E-state index contributed by atoms with van der Waals surface area (Å²) >= 11 is 1.80. The van der Waals surface area contributed by atoms with Gasteiger partial charge < -0.3 is 14.4 Å². The Kier molecular flexibility index (Phi) is 5.77. The molecule has 5 heteroatoms. The fraction of sp³-hybridized carbons (Fsp3) is 0.381. The number of ether oxygens (including phenoxy) is 2. The van der Waals surface area contributed by atoms with E-state index in [1.807, 2.05) is 4.90 Å². The standard InChI is InChI=1S/C21H25NO3S/c1-14(2)15-5-7-16(8-6-15)21-22(11-12-26-21)20(23)18-10-9-17(24-3)13-19(18)25-4/h5-10,13-14,21H,11-12H2,1-4H3. The summed E-state index contributed by atoms with van der Waals surface area (Å²) in [6.45, 7) is 5.10. The minimum atomic E-state index is -0.00700. The van der Waals surface area contributed by atoms with Gasteiger partial charge >= 0.3 is 0 Å². The van der Waals surface area contributed by atoms with Crippen LogP contribution in [0.25, 0.3) is 0 Å². The lowest BCUT2D eigenvalue weighted by molar-refractivity contribution is 0.0757. The number of thioether (sulfide) groups is 1. The Hall–Kier alpha value is -2.14. The van der Waals surface area contributed by atoms with E-state index in [0.29, 0.717) is 23.0 Å². The number of carbonyl (C=O) groups excluding carboxylic acids is 1. The fourth-order valence-corrected chi connectivity index (χ4v) is 4.39. The van der Waals surface area contributed by atoms with Crippen LogP contribution in [0.15, 0.2) is 42.5 Å². The molecule has 1 atom stereocenters. The van der Waals surface area contributed by atoms with Gasteiger partial charge in [0, 0.05) is 18.4 Å². The first-order valence-electron chi connectivity index (χ1n) is 8.79. The van der Waals surface area contributed by atoms with Crippen molar-refractivity contribution in [3.05, 3.63) is 59.2 Å². The first-order valence-corrected chi connectivity index (χ1v) is 9.84. The number of nitrogens with zero attached hydrogens (tertiary/aromatic N) is 1. The minimum absolute atomic E-state index is 0.00700. The van der Waals surface area contributed by atoms with E-state index in [-0.39, 0.29) is 11.3 Å². The van der Waals surface area contributed by atoms with Crippen molar-refractivity contribution in [3.8, 4) is 11.5 Å². The van der Waals surface area contributed by atoms with Crippen molar-refractivity contribution in [2.24, 2.45) is 0 Å². The van der Waals surface area contributed by atoms with Crippen LogP contribution in [0.1, 0.15) is 46.6 Å². The second-order valence-electron chi connectivity index (χ2n) is 6.61. The van der Waals surface area contributed by atoms with Crippen LogP contribution in [0.5, 0.6) is 11.5 Å². The van der Waals surface area contributed by atoms with Crippen molar-refractivity contribution < 1.29 is 14.3 Å². The molecule has 2 aromatic rings. The molecule has 0 radical (unpaired) electrons. The lowest BCUT2D eigenvalue weighted by Gasteiger charge is -2.25. The van der Waals surface area contributed by atoms with Gasteiger partial charge in [0.2, 0.25) is 0 Å².